The summed E-state index contributed by atoms with van der Waals surface area (Å²) < 4.78 is 13.3. The summed E-state index contributed by atoms with van der Waals surface area (Å²) in [5, 5.41) is 0. The molecule has 0 spiro atoms. The summed E-state index contributed by atoms with van der Waals surface area (Å²) in [5.74, 6) is -0.190. The van der Waals surface area contributed by atoms with E-state index in [9.17, 15) is 9.18 Å². The Kier molecular flexibility index (Phi) is 1.87. The van der Waals surface area contributed by atoms with Crippen molar-refractivity contribution in [2.45, 2.75) is 25.7 Å². The van der Waals surface area contributed by atoms with Crippen LogP contribution in [0.3, 0.4) is 0 Å². The van der Waals surface area contributed by atoms with Gasteiger partial charge in [0.05, 0.1) is 5.69 Å². The summed E-state index contributed by atoms with van der Waals surface area (Å²) in [6.45, 7) is 1.41. The second kappa shape index (κ2) is 2.91. The molecular weight excluding hydrogens is 169 g/mol. The van der Waals surface area contributed by atoms with Crippen LogP contribution in [0, 0.1) is 5.82 Å². The molecule has 0 radical (unpaired) electrons. The van der Waals surface area contributed by atoms with E-state index >= 15 is 0 Å². The molecule has 1 saturated carbocycles. The highest BCUT2D eigenvalue weighted by Crippen LogP contribution is 2.40. The highest BCUT2D eigenvalue weighted by atomic mass is 19.1. The molecule has 1 aliphatic carbocycles. The van der Waals surface area contributed by atoms with Crippen molar-refractivity contribution in [3.8, 4) is 0 Å². The van der Waals surface area contributed by atoms with Gasteiger partial charge in [0.1, 0.15) is 5.82 Å². The summed E-state index contributed by atoms with van der Waals surface area (Å²) in [5.41, 5.74) is 0.868. The normalized spacial score (nSPS) is 15.8. The third kappa shape index (κ3) is 1.59. The van der Waals surface area contributed by atoms with Crippen molar-refractivity contribution in [3.05, 3.63) is 29.3 Å². The number of Topliss-reactive ketones (excluding diaryl/α,β-unsaturated/α-hetero) is 1. The van der Waals surface area contributed by atoms with E-state index in [2.05, 4.69) is 4.98 Å². The number of hydrogen-bond donors (Lipinski definition) is 0. The molecule has 0 aromatic carbocycles. The molecule has 0 bridgehead atoms. The smallest absolute Gasteiger partial charge is 0.161 e. The van der Waals surface area contributed by atoms with Crippen LogP contribution in [0.4, 0.5) is 4.39 Å². The Hall–Kier alpha value is -1.25. The van der Waals surface area contributed by atoms with Gasteiger partial charge in [-0.3, -0.25) is 9.78 Å². The van der Waals surface area contributed by atoms with Crippen molar-refractivity contribution in [2.75, 3.05) is 0 Å². The van der Waals surface area contributed by atoms with Crippen LogP contribution in [0.25, 0.3) is 0 Å². The third-order valence-corrected chi connectivity index (χ3v) is 2.24. The van der Waals surface area contributed by atoms with Crippen LogP contribution < -0.4 is 0 Å². The molecule has 1 aromatic heterocycles. The molecule has 0 atom stereocenters. The average Bonchev–Trinajstić information content (AvgIpc) is 2.87. The molecule has 1 aromatic rings. The number of carbonyl (C=O) groups is 1. The molecule has 13 heavy (non-hydrogen) atoms. The summed E-state index contributed by atoms with van der Waals surface area (Å²) >= 11 is 0. The molecule has 0 unspecified atom stereocenters. The molecule has 1 aliphatic rings. The van der Waals surface area contributed by atoms with Crippen LogP contribution in [0.5, 0.6) is 0 Å². The zero-order valence-electron chi connectivity index (χ0n) is 7.38. The van der Waals surface area contributed by atoms with Crippen molar-refractivity contribution in [1.29, 1.82) is 0 Å². The Bertz CT molecular complexity index is 358. The minimum absolute atomic E-state index is 0.145. The van der Waals surface area contributed by atoms with E-state index in [1.807, 2.05) is 0 Å². The second-order valence-electron chi connectivity index (χ2n) is 3.42. The number of nitrogens with zero attached hydrogens (tertiary/aromatic N) is 1. The van der Waals surface area contributed by atoms with E-state index in [-0.39, 0.29) is 11.6 Å². The molecule has 0 saturated heterocycles. The molecule has 3 heteroatoms. The zero-order valence-corrected chi connectivity index (χ0v) is 7.38. The minimum Gasteiger partial charge on any atom is -0.294 e. The van der Waals surface area contributed by atoms with Gasteiger partial charge in [0, 0.05) is 17.7 Å². The fourth-order valence-electron chi connectivity index (χ4n) is 1.30. The molecule has 1 heterocycles. The predicted molar refractivity (Wildman–Crippen MR) is 46.2 cm³/mol. The number of halogens is 1. The maximum absolute atomic E-state index is 13.3. The lowest BCUT2D eigenvalue weighted by atomic mass is 10.1. The Morgan fingerprint density at radius 3 is 2.77 bits per heavy atom. The van der Waals surface area contributed by atoms with Crippen molar-refractivity contribution < 1.29 is 9.18 Å². The first kappa shape index (κ1) is 8.35. The average molecular weight is 179 g/mol. The summed E-state index contributed by atoms with van der Waals surface area (Å²) in [6.07, 6.45) is 3.49. The van der Waals surface area contributed by atoms with Gasteiger partial charge < -0.3 is 0 Å². The van der Waals surface area contributed by atoms with E-state index < -0.39 is 0 Å². The molecule has 2 rings (SSSR count). The second-order valence-corrected chi connectivity index (χ2v) is 3.42. The topological polar surface area (TPSA) is 30.0 Å². The Labute approximate surface area is 75.8 Å². The zero-order chi connectivity index (χ0) is 9.42. The van der Waals surface area contributed by atoms with Crippen LogP contribution in [0.2, 0.25) is 0 Å². The molecule has 0 N–H and O–H groups in total. The van der Waals surface area contributed by atoms with E-state index in [4.69, 9.17) is 0 Å². The minimum atomic E-state index is -0.338. The maximum atomic E-state index is 13.3. The van der Waals surface area contributed by atoms with E-state index in [0.29, 0.717) is 17.2 Å². The van der Waals surface area contributed by atoms with Crippen LogP contribution in [-0.4, -0.2) is 10.8 Å². The van der Waals surface area contributed by atoms with Crippen LogP contribution in [-0.2, 0) is 0 Å². The highest BCUT2D eigenvalue weighted by molar-refractivity contribution is 5.93. The maximum Gasteiger partial charge on any atom is 0.161 e. The lowest BCUT2D eigenvalue weighted by molar-refractivity contribution is 0.101. The highest BCUT2D eigenvalue weighted by Gasteiger charge is 2.28. The van der Waals surface area contributed by atoms with Gasteiger partial charge in [0.15, 0.2) is 5.78 Å². The number of carbonyl (C=O) groups excluding carboxylic acids is 1. The lowest BCUT2D eigenvalue weighted by Gasteiger charge is -2.00. The van der Waals surface area contributed by atoms with Gasteiger partial charge in [0.2, 0.25) is 0 Å². The molecular formula is C10H10FNO. The Morgan fingerprint density at radius 1 is 1.62 bits per heavy atom. The number of pyridine rings is 1. The lowest BCUT2D eigenvalue weighted by Crippen LogP contribution is -1.99. The van der Waals surface area contributed by atoms with Crippen LogP contribution in [0.15, 0.2) is 12.3 Å². The number of hydrogen-bond acceptors (Lipinski definition) is 2. The quantitative estimate of drug-likeness (QED) is 0.652. The summed E-state index contributed by atoms with van der Waals surface area (Å²) in [6, 6.07) is 1.28. The SMILES string of the molecule is CC(=O)c1cnc(C2CC2)c(F)c1. The molecule has 68 valence electrons. The van der Waals surface area contributed by atoms with Gasteiger partial charge in [-0.25, -0.2) is 4.39 Å². The first-order chi connectivity index (χ1) is 6.18. The molecule has 1 fully saturated rings. The van der Waals surface area contributed by atoms with Crippen molar-refractivity contribution >= 4 is 5.78 Å². The summed E-state index contributed by atoms with van der Waals surface area (Å²) in [4.78, 5) is 14.9. The monoisotopic (exact) mass is 179 g/mol. The fraction of sp³-hybridized carbons (Fsp3) is 0.400. The van der Waals surface area contributed by atoms with Crippen molar-refractivity contribution in [1.82, 2.24) is 4.98 Å². The fourth-order valence-corrected chi connectivity index (χ4v) is 1.30. The predicted octanol–water partition coefficient (Wildman–Crippen LogP) is 2.30. The van der Waals surface area contributed by atoms with Crippen LogP contribution in [0.1, 0.15) is 41.7 Å². The van der Waals surface area contributed by atoms with Gasteiger partial charge in [0.25, 0.3) is 0 Å². The third-order valence-electron chi connectivity index (χ3n) is 2.24. The number of aromatic nitrogens is 1. The van der Waals surface area contributed by atoms with E-state index in [1.54, 1.807) is 0 Å². The van der Waals surface area contributed by atoms with Gasteiger partial charge in [-0.2, -0.15) is 0 Å². The molecule has 0 amide bonds. The van der Waals surface area contributed by atoms with Gasteiger partial charge >= 0.3 is 0 Å². The molecule has 2 nitrogen and oxygen atoms in total. The largest absolute Gasteiger partial charge is 0.294 e. The van der Waals surface area contributed by atoms with Gasteiger partial charge in [-0.1, -0.05) is 0 Å². The first-order valence-corrected chi connectivity index (χ1v) is 4.35. The van der Waals surface area contributed by atoms with Crippen LogP contribution >= 0.6 is 0 Å². The standard InChI is InChI=1S/C10H10FNO/c1-6(13)8-4-9(11)10(12-5-8)7-2-3-7/h4-5,7H,2-3H2,1H3. The summed E-state index contributed by atoms with van der Waals surface area (Å²) in [7, 11) is 0. The van der Waals surface area contributed by atoms with E-state index in [0.717, 1.165) is 12.8 Å². The Morgan fingerprint density at radius 2 is 2.31 bits per heavy atom. The Balaban J connectivity index is 2.36. The van der Waals surface area contributed by atoms with E-state index in [1.165, 1.54) is 19.2 Å². The number of rotatable bonds is 2. The molecule has 0 aliphatic heterocycles. The van der Waals surface area contributed by atoms with Crippen molar-refractivity contribution in [2.24, 2.45) is 0 Å². The van der Waals surface area contributed by atoms with Crippen molar-refractivity contribution in [3.63, 3.8) is 0 Å². The van der Waals surface area contributed by atoms with Gasteiger partial charge in [-0.15, -0.1) is 0 Å². The van der Waals surface area contributed by atoms with Gasteiger partial charge in [-0.05, 0) is 25.8 Å². The first-order valence-electron chi connectivity index (χ1n) is 4.35. The number of ketones is 1.